The smallest absolute Gasteiger partial charge is 0.00989 e. The molecule has 0 unspecified atom stereocenters. The van der Waals surface area contributed by atoms with E-state index < -0.39 is 0 Å². The fourth-order valence-electron chi connectivity index (χ4n) is 1.52. The van der Waals surface area contributed by atoms with E-state index in [1.54, 1.807) is 0 Å². The van der Waals surface area contributed by atoms with Crippen LogP contribution in [-0.4, -0.2) is 0 Å². The lowest BCUT2D eigenvalue weighted by atomic mass is 10.1. The minimum atomic E-state index is 0.932. The number of hydrogen-bond donors (Lipinski definition) is 0. The van der Waals surface area contributed by atoms with E-state index in [9.17, 15) is 0 Å². The van der Waals surface area contributed by atoms with E-state index >= 15 is 0 Å². The summed E-state index contributed by atoms with van der Waals surface area (Å²) < 4.78 is 0. The molecule has 0 spiro atoms. The lowest BCUT2D eigenvalue weighted by Gasteiger charge is -1.98. The first kappa shape index (κ1) is 14.7. The molecule has 0 atom stereocenters. The van der Waals surface area contributed by atoms with Crippen LogP contribution in [0.25, 0.3) is 0 Å². The lowest BCUT2D eigenvalue weighted by molar-refractivity contribution is 0.579. The summed E-state index contributed by atoms with van der Waals surface area (Å²) in [7, 11) is 0. The zero-order chi connectivity index (χ0) is 11.9. The highest BCUT2D eigenvalue weighted by Gasteiger charge is 1.89. The summed E-state index contributed by atoms with van der Waals surface area (Å²) in [5, 5.41) is 0. The van der Waals surface area contributed by atoms with Crippen LogP contribution in [0.15, 0.2) is 0 Å². The molecule has 0 amide bonds. The molecule has 0 aromatic heterocycles. The van der Waals surface area contributed by atoms with E-state index in [2.05, 4.69) is 30.6 Å². The molecule has 0 N–H and O–H groups in total. The monoisotopic (exact) mass is 213 g/mol. The van der Waals surface area contributed by atoms with Crippen molar-refractivity contribution < 1.29 is 0 Å². The quantitative estimate of drug-likeness (QED) is 0.420. The van der Waals surface area contributed by atoms with E-state index in [1.165, 1.54) is 51.4 Å². The molecule has 0 heteroatoms. The van der Waals surface area contributed by atoms with Gasteiger partial charge in [0, 0.05) is 6.42 Å². The van der Waals surface area contributed by atoms with Crippen molar-refractivity contribution in [3.8, 4) is 29.6 Å². The van der Waals surface area contributed by atoms with Gasteiger partial charge in [-0.05, 0) is 36.5 Å². The van der Waals surface area contributed by atoms with E-state index in [4.69, 9.17) is 6.42 Å². The topological polar surface area (TPSA) is 0 Å². The molecule has 0 aliphatic carbocycles. The van der Waals surface area contributed by atoms with Crippen LogP contribution in [0.2, 0.25) is 0 Å². The first-order valence-corrected chi connectivity index (χ1v) is 6.31. The molecule has 0 saturated carbocycles. The predicted molar refractivity (Wildman–Crippen MR) is 69.9 cm³/mol. The highest BCUT2D eigenvalue weighted by molar-refractivity contribution is 5.32. The summed E-state index contributed by atoms with van der Waals surface area (Å²) >= 11 is 0. The van der Waals surface area contributed by atoms with Crippen molar-refractivity contribution >= 4 is 0 Å². The molecule has 0 aromatic carbocycles. The number of rotatable bonds is 8. The molecular formula is C16H21. The van der Waals surface area contributed by atoms with Crippen LogP contribution in [-0.2, 0) is 0 Å². The molecule has 0 fully saturated rings. The second-order valence-electron chi connectivity index (χ2n) is 3.90. The first-order chi connectivity index (χ1) is 7.91. The summed E-state index contributed by atoms with van der Waals surface area (Å²) in [6.07, 6.45) is 18.1. The Morgan fingerprint density at radius 1 is 0.750 bits per heavy atom. The summed E-state index contributed by atoms with van der Waals surface area (Å²) in [5.74, 6) is 12.6. The van der Waals surface area contributed by atoms with Gasteiger partial charge in [-0.15, -0.1) is 0 Å². The van der Waals surface area contributed by atoms with Crippen LogP contribution in [0.1, 0.15) is 64.7 Å². The zero-order valence-electron chi connectivity index (χ0n) is 10.4. The summed E-state index contributed by atoms with van der Waals surface area (Å²) in [5.41, 5.74) is 0. The largest absolute Gasteiger partial charge is 0.0891 e. The Labute approximate surface area is 101 Å². The van der Waals surface area contributed by atoms with Crippen LogP contribution in [0.4, 0.5) is 0 Å². The molecule has 0 aliphatic rings. The van der Waals surface area contributed by atoms with Crippen molar-refractivity contribution in [3.63, 3.8) is 0 Å². The molecule has 0 aliphatic heterocycles. The molecule has 0 heterocycles. The summed E-state index contributed by atoms with van der Waals surface area (Å²) in [6.45, 7) is 2.25. The van der Waals surface area contributed by atoms with E-state index in [-0.39, 0.29) is 0 Å². The molecule has 1 radical (unpaired) electrons. The van der Waals surface area contributed by atoms with E-state index in [0.29, 0.717) is 0 Å². The van der Waals surface area contributed by atoms with Gasteiger partial charge in [-0.1, -0.05) is 57.8 Å². The minimum Gasteiger partial charge on any atom is -0.0891 e. The van der Waals surface area contributed by atoms with E-state index in [1.807, 2.05) is 5.92 Å². The average molecular weight is 213 g/mol. The molecule has 16 heavy (non-hydrogen) atoms. The molecule has 0 saturated heterocycles. The standard InChI is InChI=1S/C16H21/c1-3-5-7-9-11-13-15-16-14-12-10-8-6-4-2/h3,5,7,9,11,13-16H2,1H3. The maximum atomic E-state index is 6.55. The van der Waals surface area contributed by atoms with Crippen molar-refractivity contribution in [2.45, 2.75) is 64.7 Å². The van der Waals surface area contributed by atoms with Crippen molar-refractivity contribution in [2.24, 2.45) is 0 Å². The minimum absolute atomic E-state index is 0.932. The van der Waals surface area contributed by atoms with Crippen LogP contribution in [0, 0.1) is 36.0 Å². The first-order valence-electron chi connectivity index (χ1n) is 6.31. The van der Waals surface area contributed by atoms with E-state index in [0.717, 1.165) is 6.42 Å². The Hall–Kier alpha value is -1.32. The molecule has 0 nitrogen and oxygen atoms in total. The number of hydrogen-bond acceptors (Lipinski definition) is 0. The van der Waals surface area contributed by atoms with Gasteiger partial charge < -0.3 is 0 Å². The normalized spacial score (nSPS) is 8.25. The third-order valence-corrected chi connectivity index (χ3v) is 2.43. The molecule has 85 valence electrons. The van der Waals surface area contributed by atoms with Gasteiger partial charge in [-0.25, -0.2) is 0 Å². The Morgan fingerprint density at radius 3 is 2.00 bits per heavy atom. The fourth-order valence-corrected chi connectivity index (χ4v) is 1.52. The van der Waals surface area contributed by atoms with Crippen LogP contribution < -0.4 is 0 Å². The molecule has 0 rings (SSSR count). The van der Waals surface area contributed by atoms with Gasteiger partial charge in [-0.3, -0.25) is 0 Å². The Morgan fingerprint density at radius 2 is 1.38 bits per heavy atom. The molecule has 0 aromatic rings. The van der Waals surface area contributed by atoms with Gasteiger partial charge in [0.15, 0.2) is 0 Å². The third-order valence-electron chi connectivity index (χ3n) is 2.43. The maximum absolute atomic E-state index is 6.55. The molecular weight excluding hydrogens is 192 g/mol. The maximum Gasteiger partial charge on any atom is 0.00989 e. The highest BCUT2D eigenvalue weighted by atomic mass is 14.0. The van der Waals surface area contributed by atoms with Gasteiger partial charge in [0.25, 0.3) is 0 Å². The van der Waals surface area contributed by atoms with Gasteiger partial charge >= 0.3 is 0 Å². The second kappa shape index (κ2) is 13.7. The van der Waals surface area contributed by atoms with Crippen LogP contribution in [0.5, 0.6) is 0 Å². The Balaban J connectivity index is 3.15. The summed E-state index contributed by atoms with van der Waals surface area (Å²) in [4.78, 5) is 0. The average Bonchev–Trinajstić information content (AvgIpc) is 2.31. The molecule has 0 bridgehead atoms. The van der Waals surface area contributed by atoms with Crippen LogP contribution in [0.3, 0.4) is 0 Å². The second-order valence-corrected chi connectivity index (χ2v) is 3.90. The van der Waals surface area contributed by atoms with Gasteiger partial charge in [0.2, 0.25) is 0 Å². The van der Waals surface area contributed by atoms with Crippen molar-refractivity contribution in [1.82, 2.24) is 0 Å². The van der Waals surface area contributed by atoms with Crippen molar-refractivity contribution in [3.05, 3.63) is 6.42 Å². The van der Waals surface area contributed by atoms with Crippen LogP contribution >= 0.6 is 0 Å². The predicted octanol–water partition coefficient (Wildman–Crippen LogP) is 4.11. The Bertz CT molecular complexity index is 295. The summed E-state index contributed by atoms with van der Waals surface area (Å²) in [6, 6.07) is 0. The van der Waals surface area contributed by atoms with Gasteiger partial charge in [-0.2, -0.15) is 0 Å². The lowest BCUT2D eigenvalue weighted by Crippen LogP contribution is -1.79. The zero-order valence-corrected chi connectivity index (χ0v) is 10.4. The Kier molecular flexibility index (Phi) is 12.6. The SMILES string of the molecule is [C]#CC#CC#CCCCCCCCCCC. The van der Waals surface area contributed by atoms with Gasteiger partial charge in [0.1, 0.15) is 0 Å². The van der Waals surface area contributed by atoms with Crippen molar-refractivity contribution in [1.29, 1.82) is 0 Å². The van der Waals surface area contributed by atoms with Gasteiger partial charge in [0.05, 0.1) is 0 Å². The fraction of sp³-hybridized carbons (Fsp3) is 0.625. The van der Waals surface area contributed by atoms with Crippen molar-refractivity contribution in [2.75, 3.05) is 0 Å². The highest BCUT2D eigenvalue weighted by Crippen LogP contribution is 2.08. The number of unbranched alkanes of at least 4 members (excludes halogenated alkanes) is 8. The third kappa shape index (κ3) is 12.7.